The summed E-state index contributed by atoms with van der Waals surface area (Å²) in [4.78, 5) is 24.4. The SMILES string of the molecule is NC1=NNC(=O)/C1=C/c1cc([N+](=O)[O-])ccc1N1CCOCC1. The van der Waals surface area contributed by atoms with Crippen LogP contribution in [-0.4, -0.2) is 43.0 Å². The van der Waals surface area contributed by atoms with Gasteiger partial charge < -0.3 is 15.4 Å². The van der Waals surface area contributed by atoms with E-state index < -0.39 is 10.8 Å². The van der Waals surface area contributed by atoms with Crippen molar-refractivity contribution in [3.05, 3.63) is 39.4 Å². The molecule has 0 aromatic heterocycles. The van der Waals surface area contributed by atoms with Crippen LogP contribution >= 0.6 is 0 Å². The molecule has 1 aromatic rings. The topological polar surface area (TPSA) is 123 Å². The molecule has 0 spiro atoms. The minimum Gasteiger partial charge on any atom is -0.382 e. The van der Waals surface area contributed by atoms with Crippen molar-refractivity contribution in [3.63, 3.8) is 0 Å². The van der Waals surface area contributed by atoms with Gasteiger partial charge in [0.1, 0.15) is 0 Å². The van der Waals surface area contributed by atoms with Crippen molar-refractivity contribution in [3.8, 4) is 0 Å². The van der Waals surface area contributed by atoms with Crippen molar-refractivity contribution in [2.45, 2.75) is 0 Å². The Labute approximate surface area is 131 Å². The molecule has 3 N–H and O–H groups in total. The van der Waals surface area contributed by atoms with Gasteiger partial charge in [0.05, 0.1) is 23.7 Å². The number of nitrogens with zero attached hydrogens (tertiary/aromatic N) is 3. The molecular weight excluding hydrogens is 302 g/mol. The summed E-state index contributed by atoms with van der Waals surface area (Å²) < 4.78 is 5.32. The van der Waals surface area contributed by atoms with Crippen LogP contribution in [0.2, 0.25) is 0 Å². The highest BCUT2D eigenvalue weighted by molar-refractivity contribution is 6.26. The zero-order valence-electron chi connectivity index (χ0n) is 12.2. The summed E-state index contributed by atoms with van der Waals surface area (Å²) in [7, 11) is 0. The molecule has 3 rings (SSSR count). The van der Waals surface area contributed by atoms with Gasteiger partial charge in [-0.1, -0.05) is 0 Å². The molecule has 0 atom stereocenters. The van der Waals surface area contributed by atoms with E-state index in [2.05, 4.69) is 15.4 Å². The fourth-order valence-corrected chi connectivity index (χ4v) is 2.51. The maximum absolute atomic E-state index is 11.8. The molecule has 0 saturated carbocycles. The van der Waals surface area contributed by atoms with Crippen molar-refractivity contribution < 1.29 is 14.5 Å². The second kappa shape index (κ2) is 6.05. The van der Waals surface area contributed by atoms with E-state index in [9.17, 15) is 14.9 Å². The molecule has 1 saturated heterocycles. The van der Waals surface area contributed by atoms with Crippen LogP contribution in [0.3, 0.4) is 0 Å². The van der Waals surface area contributed by atoms with Gasteiger partial charge in [-0.2, -0.15) is 5.10 Å². The van der Waals surface area contributed by atoms with Crippen LogP contribution in [0.5, 0.6) is 0 Å². The van der Waals surface area contributed by atoms with Crippen LogP contribution in [-0.2, 0) is 9.53 Å². The van der Waals surface area contributed by atoms with Gasteiger partial charge >= 0.3 is 0 Å². The van der Waals surface area contributed by atoms with Crippen molar-refractivity contribution >= 4 is 29.2 Å². The maximum atomic E-state index is 11.8. The van der Waals surface area contributed by atoms with Gasteiger partial charge in [0.15, 0.2) is 5.84 Å². The number of nitro benzene ring substituents is 1. The summed E-state index contributed by atoms with van der Waals surface area (Å²) in [6.07, 6.45) is 1.53. The highest BCUT2D eigenvalue weighted by Crippen LogP contribution is 2.28. The molecule has 1 fully saturated rings. The number of hydrogen-bond donors (Lipinski definition) is 2. The molecule has 0 unspecified atom stereocenters. The predicted molar refractivity (Wildman–Crippen MR) is 83.9 cm³/mol. The lowest BCUT2D eigenvalue weighted by atomic mass is 10.1. The molecule has 2 aliphatic rings. The normalized spacial score (nSPS) is 19.7. The minimum absolute atomic E-state index is 0.0530. The first-order chi connectivity index (χ1) is 11.1. The predicted octanol–water partition coefficient (Wildman–Crippen LogP) is 0.217. The average molecular weight is 317 g/mol. The number of hydrazone groups is 1. The van der Waals surface area contributed by atoms with Gasteiger partial charge in [0.2, 0.25) is 0 Å². The number of amidine groups is 1. The fraction of sp³-hybridized carbons (Fsp3) is 0.286. The Hall–Kier alpha value is -2.94. The van der Waals surface area contributed by atoms with E-state index in [4.69, 9.17) is 10.5 Å². The number of carbonyl (C=O) groups excluding carboxylic acids is 1. The third-order valence-electron chi connectivity index (χ3n) is 3.67. The molecule has 2 heterocycles. The fourth-order valence-electron chi connectivity index (χ4n) is 2.51. The lowest BCUT2D eigenvalue weighted by Gasteiger charge is -2.30. The van der Waals surface area contributed by atoms with E-state index >= 15 is 0 Å². The third kappa shape index (κ3) is 2.99. The van der Waals surface area contributed by atoms with Gasteiger partial charge in [-0.05, 0) is 12.1 Å². The van der Waals surface area contributed by atoms with Crippen molar-refractivity contribution in [2.75, 3.05) is 31.2 Å². The zero-order valence-corrected chi connectivity index (χ0v) is 12.2. The van der Waals surface area contributed by atoms with E-state index in [0.717, 1.165) is 5.69 Å². The Bertz CT molecular complexity index is 722. The minimum atomic E-state index is -0.475. The number of nitrogens with one attached hydrogen (secondary N) is 1. The number of non-ortho nitro benzene ring substituents is 1. The van der Waals surface area contributed by atoms with Crippen molar-refractivity contribution in [2.24, 2.45) is 10.8 Å². The van der Waals surface area contributed by atoms with E-state index in [-0.39, 0.29) is 17.1 Å². The lowest BCUT2D eigenvalue weighted by molar-refractivity contribution is -0.384. The number of carbonyl (C=O) groups is 1. The Morgan fingerprint density at radius 3 is 2.74 bits per heavy atom. The summed E-state index contributed by atoms with van der Waals surface area (Å²) in [5.41, 5.74) is 9.42. The first-order valence-corrected chi connectivity index (χ1v) is 7.03. The Morgan fingerprint density at radius 1 is 1.39 bits per heavy atom. The van der Waals surface area contributed by atoms with Crippen LogP contribution in [0.15, 0.2) is 28.9 Å². The molecule has 1 amide bonds. The van der Waals surface area contributed by atoms with Crippen LogP contribution in [0.25, 0.3) is 6.08 Å². The first-order valence-electron chi connectivity index (χ1n) is 7.03. The monoisotopic (exact) mass is 317 g/mol. The van der Waals surface area contributed by atoms with E-state index in [1.54, 1.807) is 6.07 Å². The number of benzene rings is 1. The number of nitrogens with two attached hydrogens (primary N) is 1. The molecule has 9 heteroatoms. The quantitative estimate of drug-likeness (QED) is 0.467. The number of amides is 1. The highest BCUT2D eigenvalue weighted by Gasteiger charge is 2.22. The second-order valence-electron chi connectivity index (χ2n) is 5.10. The van der Waals surface area contributed by atoms with E-state index in [0.29, 0.717) is 31.9 Å². The van der Waals surface area contributed by atoms with Crippen LogP contribution in [0.4, 0.5) is 11.4 Å². The number of hydrogen-bond acceptors (Lipinski definition) is 7. The smallest absolute Gasteiger partial charge is 0.275 e. The number of rotatable bonds is 3. The summed E-state index contributed by atoms with van der Waals surface area (Å²) in [5, 5.41) is 14.7. The summed E-state index contributed by atoms with van der Waals surface area (Å²) in [5.74, 6) is -0.364. The number of morpholine rings is 1. The van der Waals surface area contributed by atoms with E-state index in [1.165, 1.54) is 18.2 Å². The molecule has 1 aromatic carbocycles. The van der Waals surface area contributed by atoms with Gasteiger partial charge in [-0.15, -0.1) is 0 Å². The van der Waals surface area contributed by atoms with Crippen LogP contribution in [0.1, 0.15) is 5.56 Å². The molecule has 2 aliphatic heterocycles. The van der Waals surface area contributed by atoms with Gasteiger partial charge in [0.25, 0.3) is 11.6 Å². The van der Waals surface area contributed by atoms with Crippen molar-refractivity contribution in [1.29, 1.82) is 0 Å². The summed E-state index contributed by atoms with van der Waals surface area (Å²) in [6.45, 7) is 2.50. The molecule has 0 aliphatic carbocycles. The van der Waals surface area contributed by atoms with Crippen LogP contribution in [0, 0.1) is 10.1 Å². The number of nitro groups is 1. The largest absolute Gasteiger partial charge is 0.382 e. The molecule has 23 heavy (non-hydrogen) atoms. The van der Waals surface area contributed by atoms with Gasteiger partial charge in [-0.3, -0.25) is 14.9 Å². The maximum Gasteiger partial charge on any atom is 0.275 e. The van der Waals surface area contributed by atoms with Gasteiger partial charge in [0, 0.05) is 36.5 Å². The second-order valence-corrected chi connectivity index (χ2v) is 5.10. The van der Waals surface area contributed by atoms with Crippen LogP contribution < -0.4 is 16.1 Å². The first kappa shape index (κ1) is 15.0. The molecule has 9 nitrogen and oxygen atoms in total. The molecule has 0 bridgehead atoms. The lowest BCUT2D eigenvalue weighted by Crippen LogP contribution is -2.36. The van der Waals surface area contributed by atoms with E-state index in [1.807, 2.05) is 0 Å². The highest BCUT2D eigenvalue weighted by atomic mass is 16.6. The summed E-state index contributed by atoms with van der Waals surface area (Å²) >= 11 is 0. The number of anilines is 1. The average Bonchev–Trinajstić information content (AvgIpc) is 2.87. The van der Waals surface area contributed by atoms with Gasteiger partial charge in [-0.25, -0.2) is 5.43 Å². The Balaban J connectivity index is 2.06. The number of ether oxygens (including phenoxy) is 1. The Morgan fingerprint density at radius 2 is 2.13 bits per heavy atom. The molecule has 0 radical (unpaired) electrons. The third-order valence-corrected chi connectivity index (χ3v) is 3.67. The zero-order chi connectivity index (χ0) is 16.4. The molecular formula is C14H15N5O4. The Kier molecular flexibility index (Phi) is 3.94. The van der Waals surface area contributed by atoms with Crippen molar-refractivity contribution in [1.82, 2.24) is 5.43 Å². The molecule has 120 valence electrons. The standard InChI is InChI=1S/C14H15N5O4/c15-13-11(14(20)17-16-13)8-9-7-10(19(21)22)1-2-12(9)18-3-5-23-6-4-18/h1-2,7-8H,3-6H2,(H2,15,16)(H,17,20)/b11-8+. The summed E-state index contributed by atoms with van der Waals surface area (Å²) in [6, 6.07) is 4.55.